The van der Waals surface area contributed by atoms with E-state index in [2.05, 4.69) is 21.6 Å². The maximum absolute atomic E-state index is 12.7. The Morgan fingerprint density at radius 3 is 2.74 bits per heavy atom. The first-order valence-electron chi connectivity index (χ1n) is 9.50. The van der Waals surface area contributed by atoms with E-state index in [9.17, 15) is 9.59 Å². The van der Waals surface area contributed by atoms with Gasteiger partial charge in [0.15, 0.2) is 0 Å². The van der Waals surface area contributed by atoms with Crippen LogP contribution in [0.1, 0.15) is 42.6 Å². The van der Waals surface area contributed by atoms with E-state index in [1.807, 2.05) is 35.2 Å². The third-order valence-corrected chi connectivity index (χ3v) is 5.12. The summed E-state index contributed by atoms with van der Waals surface area (Å²) in [6.07, 6.45) is 7.78. The van der Waals surface area contributed by atoms with Gasteiger partial charge in [-0.25, -0.2) is 0 Å². The molecule has 1 aromatic heterocycles. The van der Waals surface area contributed by atoms with Crippen molar-refractivity contribution >= 4 is 17.5 Å². The van der Waals surface area contributed by atoms with Crippen molar-refractivity contribution in [3.8, 4) is 0 Å². The third-order valence-electron chi connectivity index (χ3n) is 5.12. The van der Waals surface area contributed by atoms with Crippen LogP contribution < -0.4 is 15.8 Å². The molecule has 0 spiro atoms. The summed E-state index contributed by atoms with van der Waals surface area (Å²) >= 11 is 0. The molecule has 2 aromatic rings. The first-order valence-corrected chi connectivity index (χ1v) is 9.50. The number of para-hydroxylation sites is 1. The largest absolute Gasteiger partial charge is 0.350 e. The van der Waals surface area contributed by atoms with E-state index in [0.717, 1.165) is 24.9 Å². The highest BCUT2D eigenvalue weighted by atomic mass is 16.2. The van der Waals surface area contributed by atoms with Crippen molar-refractivity contribution in [3.05, 3.63) is 58.0 Å². The molecule has 0 saturated heterocycles. The van der Waals surface area contributed by atoms with Crippen LogP contribution in [0.15, 0.2) is 46.8 Å². The van der Waals surface area contributed by atoms with Gasteiger partial charge in [-0.3, -0.25) is 14.2 Å². The fourth-order valence-electron chi connectivity index (χ4n) is 3.66. The van der Waals surface area contributed by atoms with Gasteiger partial charge >= 0.3 is 0 Å². The number of hydrogen-bond donors (Lipinski definition) is 1. The summed E-state index contributed by atoms with van der Waals surface area (Å²) in [5.41, 5.74) is 1.83. The molecule has 2 aliphatic rings. The van der Waals surface area contributed by atoms with Crippen LogP contribution in [0.5, 0.6) is 0 Å². The van der Waals surface area contributed by atoms with Crippen LogP contribution in [0.4, 0.5) is 11.6 Å². The second-order valence-corrected chi connectivity index (χ2v) is 6.91. The summed E-state index contributed by atoms with van der Waals surface area (Å²) in [6.45, 7) is 1.64. The van der Waals surface area contributed by atoms with Crippen molar-refractivity contribution in [2.75, 3.05) is 18.0 Å². The number of hydrogen-bond acceptors (Lipinski definition) is 5. The lowest BCUT2D eigenvalue weighted by Gasteiger charge is -2.16. The van der Waals surface area contributed by atoms with E-state index < -0.39 is 5.91 Å². The Morgan fingerprint density at radius 2 is 1.96 bits per heavy atom. The molecule has 0 bridgehead atoms. The van der Waals surface area contributed by atoms with Crippen LogP contribution in [-0.2, 0) is 6.54 Å². The van der Waals surface area contributed by atoms with Crippen molar-refractivity contribution in [2.24, 2.45) is 0 Å². The number of rotatable bonds is 5. The summed E-state index contributed by atoms with van der Waals surface area (Å²) in [7, 11) is 0. The number of amides is 1. The maximum Gasteiger partial charge on any atom is 0.286 e. The van der Waals surface area contributed by atoms with Crippen molar-refractivity contribution < 1.29 is 4.79 Å². The van der Waals surface area contributed by atoms with Crippen LogP contribution in [-0.4, -0.2) is 33.8 Å². The van der Waals surface area contributed by atoms with Crippen molar-refractivity contribution in [3.63, 3.8) is 0 Å². The van der Waals surface area contributed by atoms with Crippen molar-refractivity contribution in [2.45, 2.75) is 38.6 Å². The Bertz CT molecular complexity index is 920. The first-order chi connectivity index (χ1) is 13.2. The van der Waals surface area contributed by atoms with Gasteiger partial charge < -0.3 is 10.2 Å². The monoisotopic (exact) mass is 365 g/mol. The van der Waals surface area contributed by atoms with Crippen molar-refractivity contribution in [1.29, 1.82) is 0 Å². The lowest BCUT2D eigenvalue weighted by Crippen LogP contribution is -2.35. The molecule has 1 aliphatic carbocycles. The normalized spacial score (nSPS) is 16.0. The number of allylic oxidation sites excluding steroid dienone is 1. The standard InChI is InChI=1S/C20H23N5O2/c26-18(21-12-11-15-7-3-1-4-8-15)17-19(27)25-14-13-24(20(25)23-22-17)16-9-5-2-6-10-16/h2,5-7,9-10H,1,3-4,8,11-14H2,(H,21,26). The topological polar surface area (TPSA) is 80.1 Å². The third kappa shape index (κ3) is 3.63. The fraction of sp³-hybridized carbons (Fsp3) is 0.400. The highest BCUT2D eigenvalue weighted by Gasteiger charge is 2.27. The molecule has 1 N–H and O–H groups in total. The number of fused-ring (bicyclic) bond motifs is 1. The Kier molecular flexibility index (Phi) is 5.00. The number of carbonyl (C=O) groups is 1. The molecule has 0 fully saturated rings. The molecule has 7 nitrogen and oxygen atoms in total. The van der Waals surface area contributed by atoms with Gasteiger partial charge in [-0.1, -0.05) is 29.8 Å². The molecule has 7 heteroatoms. The summed E-state index contributed by atoms with van der Waals surface area (Å²) in [5.74, 6) is 0.0347. The van der Waals surface area contributed by atoms with Gasteiger partial charge in [-0.2, -0.15) is 0 Å². The lowest BCUT2D eigenvalue weighted by atomic mass is 9.97. The van der Waals surface area contributed by atoms with E-state index in [1.54, 1.807) is 0 Å². The Hall–Kier alpha value is -2.96. The van der Waals surface area contributed by atoms with Gasteiger partial charge in [0.25, 0.3) is 11.5 Å². The quantitative estimate of drug-likeness (QED) is 0.823. The Balaban J connectivity index is 1.46. The fourth-order valence-corrected chi connectivity index (χ4v) is 3.66. The number of nitrogens with one attached hydrogen (secondary N) is 1. The maximum atomic E-state index is 12.7. The van der Waals surface area contributed by atoms with Crippen LogP contribution >= 0.6 is 0 Å². The average molecular weight is 365 g/mol. The molecule has 1 amide bonds. The Labute approximate surface area is 157 Å². The van der Waals surface area contributed by atoms with Crippen molar-refractivity contribution in [1.82, 2.24) is 20.1 Å². The summed E-state index contributed by atoms with van der Waals surface area (Å²) in [6, 6.07) is 9.74. The van der Waals surface area contributed by atoms with E-state index >= 15 is 0 Å². The second-order valence-electron chi connectivity index (χ2n) is 6.91. The van der Waals surface area contributed by atoms with E-state index in [0.29, 0.717) is 25.6 Å². The minimum Gasteiger partial charge on any atom is -0.350 e. The minimum atomic E-state index is -0.447. The van der Waals surface area contributed by atoms with Gasteiger partial charge in [-0.05, 0) is 44.2 Å². The predicted octanol–water partition coefficient (Wildman–Crippen LogP) is 2.41. The van der Waals surface area contributed by atoms with Gasteiger partial charge in [0.05, 0.1) is 0 Å². The van der Waals surface area contributed by atoms with Crippen LogP contribution in [0.25, 0.3) is 0 Å². The molecule has 1 aromatic carbocycles. The number of nitrogens with zero attached hydrogens (tertiary/aromatic N) is 4. The summed E-state index contributed by atoms with van der Waals surface area (Å²) in [4.78, 5) is 27.0. The molecule has 0 atom stereocenters. The number of anilines is 2. The Morgan fingerprint density at radius 1 is 1.11 bits per heavy atom. The molecular formula is C20H23N5O2. The van der Waals surface area contributed by atoms with Crippen LogP contribution in [0.3, 0.4) is 0 Å². The highest BCUT2D eigenvalue weighted by molar-refractivity contribution is 5.91. The summed E-state index contributed by atoms with van der Waals surface area (Å²) < 4.78 is 1.53. The van der Waals surface area contributed by atoms with Gasteiger partial charge in [-0.15, -0.1) is 10.2 Å². The van der Waals surface area contributed by atoms with E-state index in [1.165, 1.54) is 23.0 Å². The number of carbonyl (C=O) groups excluding carboxylic acids is 1. The molecule has 27 heavy (non-hydrogen) atoms. The SMILES string of the molecule is O=C(NCCC1=CCCCC1)c1nnc2n(c1=O)CCN2c1ccccc1. The molecule has 0 radical (unpaired) electrons. The zero-order valence-electron chi connectivity index (χ0n) is 15.2. The molecule has 0 unspecified atom stereocenters. The minimum absolute atomic E-state index is 0.133. The molecule has 1 aliphatic heterocycles. The molecular weight excluding hydrogens is 342 g/mol. The van der Waals surface area contributed by atoms with E-state index in [4.69, 9.17) is 0 Å². The number of benzene rings is 1. The average Bonchev–Trinajstić information content (AvgIpc) is 3.15. The van der Waals surface area contributed by atoms with Gasteiger partial charge in [0, 0.05) is 25.3 Å². The molecule has 2 heterocycles. The first kappa shape index (κ1) is 17.5. The highest BCUT2D eigenvalue weighted by Crippen LogP contribution is 2.25. The lowest BCUT2D eigenvalue weighted by molar-refractivity contribution is 0.0945. The number of aromatic nitrogens is 3. The van der Waals surface area contributed by atoms with Crippen LogP contribution in [0.2, 0.25) is 0 Å². The van der Waals surface area contributed by atoms with Gasteiger partial charge in [0.1, 0.15) is 0 Å². The predicted molar refractivity (Wildman–Crippen MR) is 103 cm³/mol. The van der Waals surface area contributed by atoms with Gasteiger partial charge in [0.2, 0.25) is 11.6 Å². The zero-order valence-corrected chi connectivity index (χ0v) is 15.2. The van der Waals surface area contributed by atoms with Crippen LogP contribution in [0, 0.1) is 0 Å². The molecule has 140 valence electrons. The summed E-state index contributed by atoms with van der Waals surface area (Å²) in [5, 5.41) is 10.9. The molecule has 0 saturated carbocycles. The smallest absolute Gasteiger partial charge is 0.286 e. The van der Waals surface area contributed by atoms with E-state index in [-0.39, 0.29) is 11.3 Å². The molecule has 4 rings (SSSR count). The zero-order chi connectivity index (χ0) is 18.6. The second kappa shape index (κ2) is 7.73.